The first-order valence-electron chi connectivity index (χ1n) is 13.1. The number of nitrogens with zero attached hydrogens (tertiary/aromatic N) is 2. The van der Waals surface area contributed by atoms with Gasteiger partial charge in [-0.05, 0) is 73.2 Å². The number of allylic oxidation sites excluding steroid dienone is 3. The molecule has 210 valence electrons. The standard InChI is InChI=1S/C32H27ClF3N3O2/c1-18-14-19(2)21(15-20(18)17-41-28-13-6-4-9-24(28)33)29-22(16-37)31(38)39(26-11-7-12-27(40)30(26)29)25-10-5-3-8-23(25)32(34,35)36/h3-6,8-10,13-15,29H,7,11-12,17,38H2,1-2H3. The van der Waals surface area contributed by atoms with Crippen molar-refractivity contribution < 1.29 is 22.7 Å². The summed E-state index contributed by atoms with van der Waals surface area (Å²) in [5, 5.41) is 10.8. The highest BCUT2D eigenvalue weighted by molar-refractivity contribution is 6.32. The van der Waals surface area contributed by atoms with E-state index in [0.29, 0.717) is 40.4 Å². The average molecular weight is 578 g/mol. The van der Waals surface area contributed by atoms with E-state index in [1.165, 1.54) is 23.1 Å². The second-order valence-electron chi connectivity index (χ2n) is 10.2. The summed E-state index contributed by atoms with van der Waals surface area (Å²) in [6.07, 6.45) is -3.62. The van der Waals surface area contributed by atoms with E-state index in [-0.39, 0.29) is 35.9 Å². The molecule has 0 bridgehead atoms. The summed E-state index contributed by atoms with van der Waals surface area (Å²) in [6, 6.07) is 18.2. The first kappa shape index (κ1) is 28.3. The Morgan fingerprint density at radius 2 is 1.78 bits per heavy atom. The van der Waals surface area contributed by atoms with E-state index in [0.717, 1.165) is 22.8 Å². The van der Waals surface area contributed by atoms with Crippen LogP contribution in [0.2, 0.25) is 5.02 Å². The van der Waals surface area contributed by atoms with Gasteiger partial charge in [0.15, 0.2) is 5.78 Å². The molecule has 1 aliphatic carbocycles. The lowest BCUT2D eigenvalue weighted by atomic mass is 9.74. The minimum Gasteiger partial charge on any atom is -0.487 e. The van der Waals surface area contributed by atoms with E-state index in [1.54, 1.807) is 18.2 Å². The minimum absolute atomic E-state index is 0.0286. The van der Waals surface area contributed by atoms with Gasteiger partial charge in [-0.3, -0.25) is 9.69 Å². The number of alkyl halides is 3. The summed E-state index contributed by atoms with van der Waals surface area (Å²) in [6.45, 7) is 4.00. The molecule has 2 N–H and O–H groups in total. The third-order valence-electron chi connectivity index (χ3n) is 7.62. The maximum atomic E-state index is 14.1. The van der Waals surface area contributed by atoms with Gasteiger partial charge in [0.25, 0.3) is 0 Å². The number of hydrogen-bond acceptors (Lipinski definition) is 5. The van der Waals surface area contributed by atoms with Crippen LogP contribution >= 0.6 is 11.6 Å². The molecule has 0 radical (unpaired) electrons. The zero-order chi connectivity index (χ0) is 29.5. The third kappa shape index (κ3) is 5.18. The summed E-state index contributed by atoms with van der Waals surface area (Å²) in [7, 11) is 0. The van der Waals surface area contributed by atoms with Crippen molar-refractivity contribution >= 4 is 23.1 Å². The lowest BCUT2D eigenvalue weighted by molar-refractivity contribution is -0.137. The van der Waals surface area contributed by atoms with Crippen molar-refractivity contribution in [3.05, 3.63) is 116 Å². The largest absolute Gasteiger partial charge is 0.487 e. The molecule has 0 spiro atoms. The second kappa shape index (κ2) is 11.0. The number of nitriles is 1. The number of ether oxygens (including phenoxy) is 1. The lowest BCUT2D eigenvalue weighted by Gasteiger charge is -2.40. The monoisotopic (exact) mass is 577 g/mol. The fourth-order valence-electron chi connectivity index (χ4n) is 5.68. The van der Waals surface area contributed by atoms with Crippen molar-refractivity contribution in [3.63, 3.8) is 0 Å². The van der Waals surface area contributed by atoms with Crippen molar-refractivity contribution in [3.8, 4) is 11.8 Å². The SMILES string of the molecule is Cc1cc(C)c(C2C(C#N)=C(N)N(c3ccccc3C(F)(F)F)C3=C2C(=O)CCC3)cc1COc1ccccc1Cl. The number of hydrogen-bond donors (Lipinski definition) is 1. The number of benzene rings is 3. The number of carbonyl (C=O) groups is 1. The number of anilines is 1. The first-order valence-corrected chi connectivity index (χ1v) is 13.5. The first-order chi connectivity index (χ1) is 19.5. The smallest absolute Gasteiger partial charge is 0.418 e. The fraction of sp³-hybridized carbons (Fsp3) is 0.250. The molecule has 3 aromatic rings. The van der Waals surface area contributed by atoms with E-state index in [9.17, 15) is 23.2 Å². The molecule has 9 heteroatoms. The van der Waals surface area contributed by atoms with Crippen molar-refractivity contribution in [1.82, 2.24) is 0 Å². The Labute approximate surface area is 241 Å². The van der Waals surface area contributed by atoms with Crippen LogP contribution in [0.1, 0.15) is 53.0 Å². The Morgan fingerprint density at radius 1 is 1.07 bits per heavy atom. The Balaban J connectivity index is 1.67. The number of Topliss-reactive ketones (excluding diaryl/α,β-unsaturated/α-hetero) is 1. The number of nitrogens with two attached hydrogens (primary N) is 1. The molecule has 1 aliphatic heterocycles. The molecule has 1 atom stereocenters. The van der Waals surface area contributed by atoms with Gasteiger partial charge < -0.3 is 10.5 Å². The van der Waals surface area contributed by atoms with Gasteiger partial charge in [0.2, 0.25) is 0 Å². The Bertz CT molecular complexity index is 1650. The highest BCUT2D eigenvalue weighted by Crippen LogP contribution is 2.49. The van der Waals surface area contributed by atoms with Crippen LogP contribution in [-0.2, 0) is 17.6 Å². The summed E-state index contributed by atoms with van der Waals surface area (Å²) in [4.78, 5) is 14.8. The fourth-order valence-corrected chi connectivity index (χ4v) is 5.87. The van der Waals surface area contributed by atoms with Gasteiger partial charge in [-0.25, -0.2) is 0 Å². The van der Waals surface area contributed by atoms with Gasteiger partial charge in [-0.1, -0.05) is 48.0 Å². The molecule has 0 saturated carbocycles. The molecule has 3 aromatic carbocycles. The molecule has 1 unspecified atom stereocenters. The molecule has 1 heterocycles. The summed E-state index contributed by atoms with van der Waals surface area (Å²) in [5.41, 5.74) is 9.45. The highest BCUT2D eigenvalue weighted by atomic mass is 35.5. The summed E-state index contributed by atoms with van der Waals surface area (Å²) in [5.74, 6) is -0.630. The highest BCUT2D eigenvalue weighted by Gasteiger charge is 2.43. The molecule has 5 rings (SSSR count). The number of para-hydroxylation sites is 2. The molecule has 2 aliphatic rings. The van der Waals surface area contributed by atoms with E-state index in [4.69, 9.17) is 22.1 Å². The summed E-state index contributed by atoms with van der Waals surface area (Å²) >= 11 is 6.26. The molecule has 0 fully saturated rings. The number of halogens is 4. The molecule has 0 saturated heterocycles. The Kier molecular flexibility index (Phi) is 7.58. The van der Waals surface area contributed by atoms with Crippen molar-refractivity contribution in [1.29, 1.82) is 5.26 Å². The topological polar surface area (TPSA) is 79.4 Å². The van der Waals surface area contributed by atoms with Crippen LogP contribution in [-0.4, -0.2) is 5.78 Å². The Morgan fingerprint density at radius 3 is 2.49 bits per heavy atom. The predicted octanol–water partition coefficient (Wildman–Crippen LogP) is 7.86. The Hall–Kier alpha value is -4.22. The van der Waals surface area contributed by atoms with Gasteiger partial charge in [0, 0.05) is 17.7 Å². The van der Waals surface area contributed by atoms with Crippen LogP contribution in [0.4, 0.5) is 18.9 Å². The van der Waals surface area contributed by atoms with Gasteiger partial charge >= 0.3 is 6.18 Å². The van der Waals surface area contributed by atoms with Crippen LogP contribution in [0, 0.1) is 25.2 Å². The molecule has 5 nitrogen and oxygen atoms in total. The molecule has 41 heavy (non-hydrogen) atoms. The molecule has 0 aromatic heterocycles. The average Bonchev–Trinajstić information content (AvgIpc) is 2.93. The second-order valence-corrected chi connectivity index (χ2v) is 10.6. The lowest BCUT2D eigenvalue weighted by Crippen LogP contribution is -2.39. The molecular formula is C32H27ClF3N3O2. The van der Waals surface area contributed by atoms with Gasteiger partial charge in [0.05, 0.1) is 33.8 Å². The van der Waals surface area contributed by atoms with Crippen LogP contribution < -0.4 is 15.4 Å². The third-order valence-corrected chi connectivity index (χ3v) is 7.93. The van der Waals surface area contributed by atoms with Gasteiger partial charge in [0.1, 0.15) is 18.2 Å². The van der Waals surface area contributed by atoms with Crippen LogP contribution in [0.25, 0.3) is 0 Å². The number of aryl methyl sites for hydroxylation is 2. The normalized spacial score (nSPS) is 17.4. The van der Waals surface area contributed by atoms with Gasteiger partial charge in [-0.15, -0.1) is 0 Å². The maximum absolute atomic E-state index is 14.1. The zero-order valence-corrected chi connectivity index (χ0v) is 23.2. The number of carbonyl (C=O) groups excluding carboxylic acids is 1. The van der Waals surface area contributed by atoms with E-state index in [1.807, 2.05) is 32.0 Å². The zero-order valence-electron chi connectivity index (χ0n) is 22.5. The molecular weight excluding hydrogens is 551 g/mol. The summed E-state index contributed by atoms with van der Waals surface area (Å²) < 4.78 is 48.1. The van der Waals surface area contributed by atoms with E-state index < -0.39 is 17.7 Å². The van der Waals surface area contributed by atoms with Crippen LogP contribution in [0.3, 0.4) is 0 Å². The van der Waals surface area contributed by atoms with Crippen LogP contribution in [0.15, 0.2) is 83.3 Å². The van der Waals surface area contributed by atoms with Crippen molar-refractivity contribution in [2.75, 3.05) is 4.90 Å². The predicted molar refractivity (Wildman–Crippen MR) is 151 cm³/mol. The van der Waals surface area contributed by atoms with Crippen molar-refractivity contribution in [2.45, 2.75) is 51.8 Å². The van der Waals surface area contributed by atoms with E-state index in [2.05, 4.69) is 6.07 Å². The quantitative estimate of drug-likeness (QED) is 0.334. The number of rotatable bonds is 5. The van der Waals surface area contributed by atoms with Crippen molar-refractivity contribution in [2.24, 2.45) is 5.73 Å². The van der Waals surface area contributed by atoms with E-state index >= 15 is 0 Å². The maximum Gasteiger partial charge on any atom is 0.418 e. The molecule has 0 amide bonds. The van der Waals surface area contributed by atoms with Gasteiger partial charge in [-0.2, -0.15) is 18.4 Å². The number of ketones is 1. The van der Waals surface area contributed by atoms with Crippen LogP contribution in [0.5, 0.6) is 5.75 Å². The minimum atomic E-state index is -4.66.